The number of hydrogen-bond donors (Lipinski definition) is 1. The average Bonchev–Trinajstić information content (AvgIpc) is 3.03. The molecule has 114 valence electrons. The summed E-state index contributed by atoms with van der Waals surface area (Å²) in [6, 6.07) is 7.74. The highest BCUT2D eigenvalue weighted by molar-refractivity contribution is 6.30. The summed E-state index contributed by atoms with van der Waals surface area (Å²) in [5, 5.41) is 4.16. The lowest BCUT2D eigenvalue weighted by Gasteiger charge is -2.32. The Balaban J connectivity index is 1.92. The van der Waals surface area contributed by atoms with E-state index in [0.29, 0.717) is 5.02 Å². The molecule has 1 aromatic carbocycles. The van der Waals surface area contributed by atoms with Gasteiger partial charge in [0.1, 0.15) is 6.17 Å². The Labute approximate surface area is 130 Å². The first-order chi connectivity index (χ1) is 10.1. The molecule has 0 saturated carbocycles. The van der Waals surface area contributed by atoms with Gasteiger partial charge in [-0.25, -0.2) is 0 Å². The second-order valence-electron chi connectivity index (χ2n) is 5.76. The molecule has 1 aromatic rings. The maximum atomic E-state index is 12.7. The zero-order valence-electron chi connectivity index (χ0n) is 12.4. The molecule has 1 amide bonds. The van der Waals surface area contributed by atoms with Gasteiger partial charge in [0.25, 0.3) is 0 Å². The minimum atomic E-state index is -0.113. The summed E-state index contributed by atoms with van der Waals surface area (Å²) in [4.78, 5) is 14.7. The first-order valence-corrected chi connectivity index (χ1v) is 7.95. The minimum Gasteiger partial charge on any atom is -0.376 e. The van der Waals surface area contributed by atoms with Crippen molar-refractivity contribution in [1.82, 2.24) is 10.2 Å². The van der Waals surface area contributed by atoms with Gasteiger partial charge in [0.2, 0.25) is 5.91 Å². The molecular formula is C16H21ClN2O2. The van der Waals surface area contributed by atoms with Crippen molar-refractivity contribution in [2.24, 2.45) is 0 Å². The molecule has 0 aromatic heterocycles. The molecule has 0 aliphatic carbocycles. The summed E-state index contributed by atoms with van der Waals surface area (Å²) in [6.45, 7) is 4.80. The monoisotopic (exact) mass is 308 g/mol. The van der Waals surface area contributed by atoms with Crippen molar-refractivity contribution in [3.63, 3.8) is 0 Å². The maximum absolute atomic E-state index is 12.7. The number of rotatable bonds is 3. The van der Waals surface area contributed by atoms with Crippen molar-refractivity contribution in [1.29, 1.82) is 0 Å². The summed E-state index contributed by atoms with van der Waals surface area (Å²) in [5.74, 6) is 0.180. The van der Waals surface area contributed by atoms with Crippen LogP contribution in [0.1, 0.15) is 38.4 Å². The van der Waals surface area contributed by atoms with Crippen molar-refractivity contribution in [3.8, 4) is 0 Å². The molecule has 3 rings (SSSR count). The largest absolute Gasteiger partial charge is 0.376 e. The highest BCUT2D eigenvalue weighted by Gasteiger charge is 2.45. The Morgan fingerprint density at radius 1 is 1.38 bits per heavy atom. The first kappa shape index (κ1) is 14.8. The lowest BCUT2D eigenvalue weighted by Crippen LogP contribution is -2.43. The molecule has 4 nitrogen and oxygen atoms in total. The van der Waals surface area contributed by atoms with Gasteiger partial charge in [-0.15, -0.1) is 0 Å². The first-order valence-electron chi connectivity index (χ1n) is 7.57. The van der Waals surface area contributed by atoms with E-state index in [0.717, 1.165) is 25.0 Å². The molecule has 5 heteroatoms. The normalized spacial score (nSPS) is 32.9. The third-order valence-electron chi connectivity index (χ3n) is 4.48. The molecule has 21 heavy (non-hydrogen) atoms. The number of carbonyl (C=O) groups is 1. The Morgan fingerprint density at radius 2 is 2.10 bits per heavy atom. The van der Waals surface area contributed by atoms with Gasteiger partial charge >= 0.3 is 0 Å². The molecule has 0 bridgehead atoms. The molecule has 0 spiro atoms. The third-order valence-corrected chi connectivity index (χ3v) is 4.73. The van der Waals surface area contributed by atoms with E-state index in [1.54, 1.807) is 0 Å². The van der Waals surface area contributed by atoms with E-state index in [2.05, 4.69) is 5.32 Å². The highest BCUT2D eigenvalue weighted by atomic mass is 35.5. The molecule has 1 N–H and O–H groups in total. The van der Waals surface area contributed by atoms with E-state index in [1.165, 1.54) is 0 Å². The van der Waals surface area contributed by atoms with E-state index in [4.69, 9.17) is 16.3 Å². The van der Waals surface area contributed by atoms with Crippen LogP contribution in [0.25, 0.3) is 0 Å². The van der Waals surface area contributed by atoms with Gasteiger partial charge in [-0.2, -0.15) is 0 Å². The number of hydrogen-bond acceptors (Lipinski definition) is 3. The quantitative estimate of drug-likeness (QED) is 0.933. The van der Waals surface area contributed by atoms with Gasteiger partial charge in [0.05, 0.1) is 18.2 Å². The van der Waals surface area contributed by atoms with Crippen LogP contribution >= 0.6 is 11.6 Å². The fourth-order valence-electron chi connectivity index (χ4n) is 3.28. The molecule has 2 aliphatic rings. The van der Waals surface area contributed by atoms with E-state index in [1.807, 2.05) is 43.0 Å². The zero-order valence-corrected chi connectivity index (χ0v) is 13.1. The number of amides is 1. The van der Waals surface area contributed by atoms with Crippen LogP contribution in [0.3, 0.4) is 0 Å². The van der Waals surface area contributed by atoms with Gasteiger partial charge in [0, 0.05) is 11.6 Å². The summed E-state index contributed by atoms with van der Waals surface area (Å²) < 4.78 is 5.66. The number of carbonyl (C=O) groups excluding carboxylic acids is 1. The predicted octanol–water partition coefficient (Wildman–Crippen LogP) is 2.73. The highest BCUT2D eigenvalue weighted by Crippen LogP contribution is 2.33. The molecule has 2 aliphatic heterocycles. The van der Waals surface area contributed by atoms with Crippen molar-refractivity contribution >= 4 is 17.5 Å². The van der Waals surface area contributed by atoms with E-state index >= 15 is 0 Å². The summed E-state index contributed by atoms with van der Waals surface area (Å²) in [6.07, 6.45) is 1.69. The van der Waals surface area contributed by atoms with Crippen LogP contribution in [-0.2, 0) is 9.53 Å². The van der Waals surface area contributed by atoms with Crippen LogP contribution in [0.4, 0.5) is 0 Å². The van der Waals surface area contributed by atoms with Crippen molar-refractivity contribution in [2.45, 2.75) is 51.0 Å². The van der Waals surface area contributed by atoms with Crippen molar-refractivity contribution in [2.75, 3.05) is 6.61 Å². The number of ether oxygens (including phenoxy) is 1. The number of nitrogens with zero attached hydrogens (tertiary/aromatic N) is 1. The Bertz CT molecular complexity index is 520. The molecule has 4 unspecified atom stereocenters. The predicted molar refractivity (Wildman–Crippen MR) is 82.1 cm³/mol. The minimum absolute atomic E-state index is 0.0844. The Morgan fingerprint density at radius 3 is 2.67 bits per heavy atom. The smallest absolute Gasteiger partial charge is 0.241 e. The summed E-state index contributed by atoms with van der Waals surface area (Å²) in [7, 11) is 0. The van der Waals surface area contributed by atoms with Crippen LogP contribution in [0.15, 0.2) is 24.3 Å². The average molecular weight is 309 g/mol. The molecule has 2 saturated heterocycles. The summed E-state index contributed by atoms with van der Waals surface area (Å²) in [5.41, 5.74) is 1.07. The lowest BCUT2D eigenvalue weighted by molar-refractivity contribution is -0.133. The SMILES string of the molecule is CCC1NC(c2ccc(Cl)cc2)N(C2CCOC2C)C1=O. The molecule has 2 fully saturated rings. The van der Waals surface area contributed by atoms with Crippen molar-refractivity contribution < 1.29 is 9.53 Å². The van der Waals surface area contributed by atoms with Gasteiger partial charge in [-0.05, 0) is 37.5 Å². The number of benzene rings is 1. The van der Waals surface area contributed by atoms with Crippen LogP contribution in [0.2, 0.25) is 5.02 Å². The third kappa shape index (κ3) is 2.68. The molecular weight excluding hydrogens is 288 g/mol. The van der Waals surface area contributed by atoms with Gasteiger partial charge in [0.15, 0.2) is 0 Å². The molecule has 0 radical (unpaired) electrons. The van der Waals surface area contributed by atoms with Crippen LogP contribution in [0, 0.1) is 0 Å². The van der Waals surface area contributed by atoms with E-state index < -0.39 is 0 Å². The molecule has 4 atom stereocenters. The number of halogens is 1. The van der Waals surface area contributed by atoms with Gasteiger partial charge < -0.3 is 9.64 Å². The van der Waals surface area contributed by atoms with Crippen molar-refractivity contribution in [3.05, 3.63) is 34.9 Å². The van der Waals surface area contributed by atoms with Crippen LogP contribution in [0.5, 0.6) is 0 Å². The van der Waals surface area contributed by atoms with Gasteiger partial charge in [-0.3, -0.25) is 10.1 Å². The second kappa shape index (κ2) is 5.95. The topological polar surface area (TPSA) is 41.6 Å². The molecule has 2 heterocycles. The zero-order chi connectivity index (χ0) is 15.0. The Hall–Kier alpha value is -1.10. The standard InChI is InChI=1S/C16H21ClN2O2/c1-3-13-16(20)19(14-8-9-21-10(14)2)15(18-13)11-4-6-12(17)7-5-11/h4-7,10,13-15,18H,3,8-9H2,1-2H3. The van der Waals surface area contributed by atoms with E-state index in [9.17, 15) is 4.79 Å². The van der Waals surface area contributed by atoms with Crippen LogP contribution in [-0.4, -0.2) is 35.6 Å². The second-order valence-corrected chi connectivity index (χ2v) is 6.20. The van der Waals surface area contributed by atoms with Gasteiger partial charge in [-0.1, -0.05) is 30.7 Å². The van der Waals surface area contributed by atoms with E-state index in [-0.39, 0.29) is 30.3 Å². The fraction of sp³-hybridized carbons (Fsp3) is 0.562. The Kier molecular flexibility index (Phi) is 4.20. The maximum Gasteiger partial charge on any atom is 0.241 e. The lowest BCUT2D eigenvalue weighted by atomic mass is 10.1. The number of nitrogens with one attached hydrogen (secondary N) is 1. The fourth-order valence-corrected chi connectivity index (χ4v) is 3.41. The summed E-state index contributed by atoms with van der Waals surface area (Å²) >= 11 is 5.97. The van der Waals surface area contributed by atoms with Crippen LogP contribution < -0.4 is 5.32 Å².